The van der Waals surface area contributed by atoms with E-state index in [1.807, 2.05) is 0 Å². The first-order valence-electron chi connectivity index (χ1n) is 8.25. The molecule has 0 spiro atoms. The maximum atomic E-state index is 12.6. The molecule has 5 nitrogen and oxygen atoms in total. The lowest BCUT2D eigenvalue weighted by Crippen LogP contribution is -2.07. The van der Waals surface area contributed by atoms with Gasteiger partial charge in [-0.25, -0.2) is 4.68 Å². The topological polar surface area (TPSA) is 53.4 Å². The summed E-state index contributed by atoms with van der Waals surface area (Å²) in [5.41, 5.74) is 0.718. The zero-order valence-corrected chi connectivity index (χ0v) is 14.3. The number of benzene rings is 2. The zero-order chi connectivity index (χ0) is 19.7. The van der Waals surface area contributed by atoms with Gasteiger partial charge < -0.3 is 9.47 Å². The summed E-state index contributed by atoms with van der Waals surface area (Å²) in [4.78, 5) is 12.3. The summed E-state index contributed by atoms with van der Waals surface area (Å²) in [6.07, 6.45) is -0.191. The summed E-state index contributed by atoms with van der Waals surface area (Å²) in [5, 5.41) is 3.52. The van der Waals surface area contributed by atoms with Crippen LogP contribution in [0.5, 0.6) is 11.5 Å². The number of fused-ring (bicyclic) bond motifs is 1. The van der Waals surface area contributed by atoms with E-state index < -0.39 is 11.9 Å². The Morgan fingerprint density at radius 1 is 1.04 bits per heavy atom. The van der Waals surface area contributed by atoms with Crippen LogP contribution in [0.25, 0.3) is 11.8 Å². The number of hydrogen-bond acceptors (Lipinski definition) is 4. The minimum absolute atomic E-state index is 0.135. The number of carbonyl (C=O) groups excluding carboxylic acids is 1. The van der Waals surface area contributed by atoms with Crippen LogP contribution in [0.4, 0.5) is 13.2 Å². The molecule has 0 N–H and O–H groups in total. The fraction of sp³-hybridized carbons (Fsp3) is 0.100. The summed E-state index contributed by atoms with van der Waals surface area (Å²) in [6, 6.07) is 12.5. The average Bonchev–Trinajstić information content (AvgIpc) is 3.35. The van der Waals surface area contributed by atoms with Crippen LogP contribution in [0.15, 0.2) is 60.8 Å². The maximum absolute atomic E-state index is 12.6. The molecular formula is C20H13F3N2O3. The lowest BCUT2D eigenvalue weighted by molar-refractivity contribution is -0.141. The highest BCUT2D eigenvalue weighted by Crippen LogP contribution is 2.32. The fourth-order valence-electron chi connectivity index (χ4n) is 2.68. The third-order valence-corrected chi connectivity index (χ3v) is 4.12. The van der Waals surface area contributed by atoms with Crippen LogP contribution < -0.4 is 9.47 Å². The Balaban J connectivity index is 1.47. The minimum atomic E-state index is -4.48. The van der Waals surface area contributed by atoms with E-state index in [1.54, 1.807) is 48.5 Å². The molecule has 0 unspecified atom stereocenters. The second kappa shape index (κ2) is 6.88. The first kappa shape index (κ1) is 17.8. The van der Waals surface area contributed by atoms with Gasteiger partial charge in [-0.3, -0.25) is 4.79 Å². The second-order valence-corrected chi connectivity index (χ2v) is 6.00. The van der Waals surface area contributed by atoms with Crippen LogP contribution in [-0.4, -0.2) is 22.4 Å². The molecule has 0 saturated heterocycles. The Morgan fingerprint density at radius 3 is 2.50 bits per heavy atom. The van der Waals surface area contributed by atoms with E-state index in [1.165, 1.54) is 12.3 Å². The summed E-state index contributed by atoms with van der Waals surface area (Å²) < 4.78 is 49.5. The van der Waals surface area contributed by atoms with Gasteiger partial charge in [0, 0.05) is 11.8 Å². The predicted octanol–water partition coefficient (Wildman–Crippen LogP) is 4.52. The molecule has 1 aliphatic rings. The molecule has 8 heteroatoms. The summed E-state index contributed by atoms with van der Waals surface area (Å²) in [6.45, 7) is 0.135. The van der Waals surface area contributed by atoms with Crippen molar-refractivity contribution >= 4 is 11.9 Å². The van der Waals surface area contributed by atoms with Crippen molar-refractivity contribution in [2.45, 2.75) is 6.18 Å². The lowest BCUT2D eigenvalue weighted by atomic mass is 10.1. The van der Waals surface area contributed by atoms with Crippen LogP contribution in [0.1, 0.15) is 21.6 Å². The third kappa shape index (κ3) is 3.62. The Labute approximate surface area is 157 Å². The van der Waals surface area contributed by atoms with Crippen molar-refractivity contribution < 1.29 is 27.4 Å². The van der Waals surface area contributed by atoms with E-state index in [4.69, 9.17) is 9.47 Å². The molecule has 2 aromatic carbocycles. The van der Waals surface area contributed by atoms with Crippen LogP contribution in [-0.2, 0) is 6.18 Å². The number of ether oxygens (including phenoxy) is 2. The Kier molecular flexibility index (Phi) is 4.38. The largest absolute Gasteiger partial charge is 0.454 e. The molecule has 0 amide bonds. The van der Waals surface area contributed by atoms with Crippen molar-refractivity contribution in [3.8, 4) is 17.2 Å². The van der Waals surface area contributed by atoms with Crippen LogP contribution in [0.3, 0.4) is 0 Å². The monoisotopic (exact) mass is 386 g/mol. The smallest absolute Gasteiger partial charge is 0.435 e. The summed E-state index contributed by atoms with van der Waals surface area (Å²) in [7, 11) is 0. The number of rotatable bonds is 4. The van der Waals surface area contributed by atoms with Gasteiger partial charge in [-0.1, -0.05) is 18.2 Å². The molecular weight excluding hydrogens is 373 g/mol. The number of nitrogens with zero attached hydrogens (tertiary/aromatic N) is 2. The molecule has 0 atom stereocenters. The Hall–Kier alpha value is -3.55. The van der Waals surface area contributed by atoms with Gasteiger partial charge in [0.25, 0.3) is 0 Å². The van der Waals surface area contributed by atoms with Gasteiger partial charge in [-0.15, -0.1) is 0 Å². The van der Waals surface area contributed by atoms with Crippen molar-refractivity contribution in [2.24, 2.45) is 0 Å². The molecule has 142 valence electrons. The first-order valence-corrected chi connectivity index (χ1v) is 8.25. The van der Waals surface area contributed by atoms with Crippen molar-refractivity contribution in [2.75, 3.05) is 6.79 Å². The lowest BCUT2D eigenvalue weighted by Gasteiger charge is -2.03. The molecule has 3 aromatic rings. The number of ketones is 1. The van der Waals surface area contributed by atoms with Gasteiger partial charge in [0.05, 0.1) is 5.69 Å². The van der Waals surface area contributed by atoms with Gasteiger partial charge in [0.2, 0.25) is 6.79 Å². The third-order valence-electron chi connectivity index (χ3n) is 4.12. The number of aromatic nitrogens is 2. The van der Waals surface area contributed by atoms with Crippen LogP contribution in [0, 0.1) is 0 Å². The van der Waals surface area contributed by atoms with Gasteiger partial charge in [0.15, 0.2) is 23.0 Å². The van der Waals surface area contributed by atoms with E-state index in [-0.39, 0.29) is 12.6 Å². The van der Waals surface area contributed by atoms with E-state index in [9.17, 15) is 18.0 Å². The van der Waals surface area contributed by atoms with E-state index in [0.29, 0.717) is 22.7 Å². The van der Waals surface area contributed by atoms with Crippen molar-refractivity contribution in [1.82, 2.24) is 9.78 Å². The molecule has 1 aromatic heterocycles. The Morgan fingerprint density at radius 2 is 1.79 bits per heavy atom. The Bertz CT molecular complexity index is 1050. The van der Waals surface area contributed by atoms with E-state index in [2.05, 4.69) is 5.10 Å². The van der Waals surface area contributed by atoms with Crippen molar-refractivity contribution in [1.29, 1.82) is 0 Å². The zero-order valence-electron chi connectivity index (χ0n) is 14.3. The molecule has 0 radical (unpaired) electrons. The highest BCUT2D eigenvalue weighted by atomic mass is 19.4. The van der Waals surface area contributed by atoms with Gasteiger partial charge in [-0.05, 0) is 48.0 Å². The first-order chi connectivity index (χ1) is 13.4. The summed E-state index contributed by atoms with van der Waals surface area (Å²) >= 11 is 0. The van der Waals surface area contributed by atoms with Crippen molar-refractivity contribution in [3.63, 3.8) is 0 Å². The average molecular weight is 386 g/mol. The summed E-state index contributed by atoms with van der Waals surface area (Å²) in [5.74, 6) is 0.925. The minimum Gasteiger partial charge on any atom is -0.454 e. The SMILES string of the molecule is O=C(C=Cc1ccc(-n2ccc(C(F)(F)F)n2)cc1)c1ccc2c(c1)OCO2. The molecule has 28 heavy (non-hydrogen) atoms. The number of halogens is 3. The van der Waals surface area contributed by atoms with Gasteiger partial charge in [-0.2, -0.15) is 18.3 Å². The standard InChI is InChI=1S/C20H13F3N2O3/c21-20(22,23)19-9-10-25(24-19)15-5-1-13(2-6-15)3-7-16(26)14-4-8-17-18(11-14)28-12-27-17/h1-11H,12H2. The quantitative estimate of drug-likeness (QED) is 0.489. The molecule has 0 aliphatic carbocycles. The molecule has 2 heterocycles. The molecule has 0 bridgehead atoms. The fourth-order valence-corrected chi connectivity index (χ4v) is 2.68. The molecule has 4 rings (SSSR count). The highest BCUT2D eigenvalue weighted by Gasteiger charge is 2.33. The number of alkyl halides is 3. The highest BCUT2D eigenvalue weighted by molar-refractivity contribution is 6.07. The number of allylic oxidation sites excluding steroid dienone is 1. The van der Waals surface area contributed by atoms with Crippen LogP contribution >= 0.6 is 0 Å². The predicted molar refractivity (Wildman–Crippen MR) is 94.5 cm³/mol. The number of hydrogen-bond donors (Lipinski definition) is 0. The second-order valence-electron chi connectivity index (χ2n) is 6.00. The van der Waals surface area contributed by atoms with E-state index in [0.717, 1.165) is 16.3 Å². The van der Waals surface area contributed by atoms with Crippen LogP contribution in [0.2, 0.25) is 0 Å². The van der Waals surface area contributed by atoms with Crippen molar-refractivity contribution in [3.05, 3.63) is 77.6 Å². The maximum Gasteiger partial charge on any atom is 0.435 e. The molecule has 0 fully saturated rings. The van der Waals surface area contributed by atoms with Gasteiger partial charge in [0.1, 0.15) is 0 Å². The normalized spacial score (nSPS) is 13.2. The van der Waals surface area contributed by atoms with Gasteiger partial charge >= 0.3 is 6.18 Å². The molecule has 1 aliphatic heterocycles. The number of carbonyl (C=O) groups is 1. The van der Waals surface area contributed by atoms with E-state index >= 15 is 0 Å². The molecule has 0 saturated carbocycles.